The van der Waals surface area contributed by atoms with Crippen molar-refractivity contribution in [3.8, 4) is 0 Å². The Labute approximate surface area is 82.0 Å². The quantitative estimate of drug-likeness (QED) is 0.257. The van der Waals surface area contributed by atoms with Gasteiger partial charge in [0.05, 0.1) is 0 Å². The SMILES string of the molecule is O=S(=O)([O-])NCCCO.[Na+]. The van der Waals surface area contributed by atoms with Gasteiger partial charge in [-0.1, -0.05) is 0 Å². The van der Waals surface area contributed by atoms with E-state index in [4.69, 9.17) is 5.11 Å². The van der Waals surface area contributed by atoms with Crippen LogP contribution in [0.5, 0.6) is 0 Å². The molecule has 0 spiro atoms. The maximum absolute atomic E-state index is 9.76. The van der Waals surface area contributed by atoms with Crippen molar-refractivity contribution in [2.24, 2.45) is 0 Å². The first-order valence-corrected chi connectivity index (χ1v) is 3.78. The van der Waals surface area contributed by atoms with Gasteiger partial charge in [0.25, 0.3) is 0 Å². The van der Waals surface area contributed by atoms with Crippen molar-refractivity contribution in [1.82, 2.24) is 4.72 Å². The van der Waals surface area contributed by atoms with Crippen molar-refractivity contribution >= 4 is 10.3 Å². The van der Waals surface area contributed by atoms with Crippen molar-refractivity contribution in [3.63, 3.8) is 0 Å². The minimum Gasteiger partial charge on any atom is -0.735 e. The molecule has 0 saturated carbocycles. The van der Waals surface area contributed by atoms with Gasteiger partial charge in [-0.25, -0.2) is 13.1 Å². The fourth-order valence-electron chi connectivity index (χ4n) is 0.276. The molecule has 0 radical (unpaired) electrons. The molecule has 0 aliphatic carbocycles. The average molecular weight is 177 g/mol. The second kappa shape index (κ2) is 6.53. The molecule has 0 aliphatic heterocycles. The summed E-state index contributed by atoms with van der Waals surface area (Å²) in [6.07, 6.45) is 0.265. The molecule has 7 heteroatoms. The maximum Gasteiger partial charge on any atom is 1.00 e. The van der Waals surface area contributed by atoms with Crippen LogP contribution < -0.4 is 34.3 Å². The second-order valence-electron chi connectivity index (χ2n) is 1.43. The van der Waals surface area contributed by atoms with Gasteiger partial charge in [0.15, 0.2) is 10.3 Å². The topological polar surface area (TPSA) is 89.5 Å². The van der Waals surface area contributed by atoms with Gasteiger partial charge in [-0.3, -0.25) is 0 Å². The van der Waals surface area contributed by atoms with Crippen LogP contribution in [-0.4, -0.2) is 31.2 Å². The summed E-state index contributed by atoms with van der Waals surface area (Å²) in [5, 5.41) is 8.13. The van der Waals surface area contributed by atoms with Gasteiger partial charge < -0.3 is 9.66 Å². The van der Waals surface area contributed by atoms with Gasteiger partial charge in [-0.15, -0.1) is 0 Å². The first-order valence-electron chi connectivity index (χ1n) is 2.37. The Kier molecular flexibility index (Phi) is 8.77. The van der Waals surface area contributed by atoms with Crippen molar-refractivity contribution in [3.05, 3.63) is 0 Å². The number of aliphatic hydroxyl groups excluding tert-OH is 1. The van der Waals surface area contributed by atoms with Crippen LogP contribution >= 0.6 is 0 Å². The summed E-state index contributed by atoms with van der Waals surface area (Å²) in [7, 11) is -4.31. The third-order valence-electron chi connectivity index (χ3n) is 0.614. The summed E-state index contributed by atoms with van der Waals surface area (Å²) < 4.78 is 31.0. The summed E-state index contributed by atoms with van der Waals surface area (Å²) in [5.74, 6) is 0. The molecule has 0 atom stereocenters. The minimum atomic E-state index is -4.31. The fraction of sp³-hybridized carbons (Fsp3) is 1.00. The van der Waals surface area contributed by atoms with Gasteiger partial charge in [0.1, 0.15) is 0 Å². The second-order valence-corrected chi connectivity index (χ2v) is 2.62. The Bertz CT molecular complexity index is 156. The molecule has 0 rings (SSSR count). The number of hydrogen-bond acceptors (Lipinski definition) is 4. The molecule has 0 saturated heterocycles. The van der Waals surface area contributed by atoms with Gasteiger partial charge in [-0.2, -0.15) is 0 Å². The van der Waals surface area contributed by atoms with Crippen LogP contribution in [0.2, 0.25) is 0 Å². The molecule has 0 heterocycles. The Morgan fingerprint density at radius 2 is 2.00 bits per heavy atom. The van der Waals surface area contributed by atoms with Crippen LogP contribution in [0.3, 0.4) is 0 Å². The van der Waals surface area contributed by atoms with Gasteiger partial charge in [0.2, 0.25) is 0 Å². The molecule has 0 bridgehead atoms. The maximum atomic E-state index is 9.76. The van der Waals surface area contributed by atoms with E-state index in [-0.39, 0.29) is 49.1 Å². The normalized spacial score (nSPS) is 10.6. The van der Waals surface area contributed by atoms with Crippen LogP contribution in [0, 0.1) is 0 Å². The summed E-state index contributed by atoms with van der Waals surface area (Å²) >= 11 is 0. The Morgan fingerprint density at radius 3 is 2.30 bits per heavy atom. The van der Waals surface area contributed by atoms with Crippen LogP contribution in [0.15, 0.2) is 0 Å². The van der Waals surface area contributed by atoms with Gasteiger partial charge >= 0.3 is 29.6 Å². The predicted molar refractivity (Wildman–Crippen MR) is 29.4 cm³/mol. The molecule has 10 heavy (non-hydrogen) atoms. The van der Waals surface area contributed by atoms with E-state index in [0.29, 0.717) is 0 Å². The van der Waals surface area contributed by atoms with Gasteiger partial charge in [-0.05, 0) is 6.42 Å². The molecule has 0 amide bonds. The zero-order valence-electron chi connectivity index (χ0n) is 5.70. The molecule has 0 aromatic heterocycles. The monoisotopic (exact) mass is 177 g/mol. The Hall–Kier alpha value is 0.830. The zero-order chi connectivity index (χ0) is 7.33. The van der Waals surface area contributed by atoms with Crippen molar-refractivity contribution in [1.29, 1.82) is 0 Å². The van der Waals surface area contributed by atoms with E-state index >= 15 is 0 Å². The van der Waals surface area contributed by atoms with Crippen LogP contribution in [0.4, 0.5) is 0 Å². The van der Waals surface area contributed by atoms with Crippen molar-refractivity contribution in [2.75, 3.05) is 13.2 Å². The van der Waals surface area contributed by atoms with E-state index in [1.165, 1.54) is 0 Å². The van der Waals surface area contributed by atoms with Gasteiger partial charge in [0, 0.05) is 13.2 Å². The van der Waals surface area contributed by atoms with E-state index < -0.39 is 10.3 Å². The third kappa shape index (κ3) is 11.6. The summed E-state index contributed by atoms with van der Waals surface area (Å²) in [6.45, 7) is -0.120. The zero-order valence-corrected chi connectivity index (χ0v) is 8.52. The molecular weight excluding hydrogens is 169 g/mol. The number of aliphatic hydroxyl groups is 1. The summed E-state index contributed by atoms with van der Waals surface area (Å²) in [6, 6.07) is 0. The standard InChI is InChI=1S/C3H9NO4S.Na/c5-3-1-2-4-9(6,7)8;/h4-5H,1-3H2,(H,6,7,8);/q;+1/p-1. The van der Waals surface area contributed by atoms with E-state index in [1.807, 2.05) is 0 Å². The van der Waals surface area contributed by atoms with Crippen LogP contribution in [0.1, 0.15) is 6.42 Å². The fourth-order valence-corrected chi connectivity index (χ4v) is 0.671. The summed E-state index contributed by atoms with van der Waals surface area (Å²) in [4.78, 5) is 0. The molecular formula is C3H8NNaO4S. The molecule has 0 unspecified atom stereocenters. The Morgan fingerprint density at radius 1 is 1.50 bits per heavy atom. The number of hydrogen-bond donors (Lipinski definition) is 2. The average Bonchev–Trinajstić information content (AvgIpc) is 1.63. The number of rotatable bonds is 4. The Balaban J connectivity index is 0. The minimum absolute atomic E-state index is 0. The number of nitrogens with one attached hydrogen (secondary N) is 1. The largest absolute Gasteiger partial charge is 1.00 e. The van der Waals surface area contributed by atoms with E-state index in [0.717, 1.165) is 0 Å². The molecule has 2 N–H and O–H groups in total. The molecule has 0 aromatic rings. The van der Waals surface area contributed by atoms with Crippen LogP contribution in [-0.2, 0) is 10.3 Å². The van der Waals surface area contributed by atoms with E-state index in [9.17, 15) is 13.0 Å². The van der Waals surface area contributed by atoms with Crippen LogP contribution in [0.25, 0.3) is 0 Å². The molecule has 0 aliphatic rings. The predicted octanol–water partition coefficient (Wildman–Crippen LogP) is -4.58. The summed E-state index contributed by atoms with van der Waals surface area (Å²) in [5.41, 5.74) is 0. The molecule has 5 nitrogen and oxygen atoms in total. The van der Waals surface area contributed by atoms with E-state index in [1.54, 1.807) is 4.72 Å². The van der Waals surface area contributed by atoms with Crippen molar-refractivity contribution < 1.29 is 47.6 Å². The molecule has 56 valence electrons. The smallest absolute Gasteiger partial charge is 0.735 e. The van der Waals surface area contributed by atoms with Crippen molar-refractivity contribution in [2.45, 2.75) is 6.42 Å². The first-order chi connectivity index (χ1) is 4.06. The first kappa shape index (κ1) is 13.4. The molecule has 0 fully saturated rings. The third-order valence-corrected chi connectivity index (χ3v) is 1.17. The van der Waals surface area contributed by atoms with E-state index in [2.05, 4.69) is 0 Å². The molecule has 0 aromatic carbocycles.